The van der Waals surface area contributed by atoms with Gasteiger partial charge < -0.3 is 20.8 Å². The minimum atomic E-state index is -1.25. The molecule has 0 radical (unpaired) electrons. The Morgan fingerprint density at radius 3 is 2.07 bits per heavy atom. The highest BCUT2D eigenvalue weighted by atomic mass is 16.4. The largest absolute Gasteiger partial charge is 0.480 e. The topological polar surface area (TPSA) is 98.7 Å². The minimum absolute atomic E-state index is 0.0261. The number of carbonyl (C=O) groups is 2. The third-order valence-electron chi connectivity index (χ3n) is 2.11. The van der Waals surface area contributed by atoms with Gasteiger partial charge in [0.2, 0.25) is 0 Å². The number of amides is 2. The number of aliphatic hydroxyl groups is 1. The molecule has 6 nitrogen and oxygen atoms in total. The van der Waals surface area contributed by atoms with E-state index in [2.05, 4.69) is 10.6 Å². The number of carboxylic acid groups (broad SMARTS) is 1. The number of aliphatic carboxylic acids is 1. The molecule has 0 unspecified atom stereocenters. The van der Waals surface area contributed by atoms with Gasteiger partial charge in [-0.25, -0.2) is 9.59 Å². The minimum Gasteiger partial charge on any atom is -0.480 e. The lowest BCUT2D eigenvalue weighted by Crippen LogP contribution is -2.50. The van der Waals surface area contributed by atoms with Crippen molar-refractivity contribution in [2.24, 2.45) is 0 Å². The smallest absolute Gasteiger partial charge is 0.328 e. The molecule has 0 aliphatic heterocycles. The first-order valence-corrected chi connectivity index (χ1v) is 4.95. The first kappa shape index (κ1) is 13.7. The molecule has 88 valence electrons. The maximum atomic E-state index is 11.2. The van der Waals surface area contributed by atoms with Crippen LogP contribution in [-0.2, 0) is 4.79 Å². The molecule has 15 heavy (non-hydrogen) atoms. The summed E-state index contributed by atoms with van der Waals surface area (Å²) >= 11 is 0. The molecule has 0 fully saturated rings. The third kappa shape index (κ3) is 5.21. The maximum Gasteiger partial charge on any atom is 0.328 e. The van der Waals surface area contributed by atoms with Crippen molar-refractivity contribution < 1.29 is 19.8 Å². The summed E-state index contributed by atoms with van der Waals surface area (Å²) in [6.07, 6.45) is 1.56. The number of hydrogen-bond donors (Lipinski definition) is 4. The van der Waals surface area contributed by atoms with E-state index < -0.39 is 24.6 Å². The predicted octanol–water partition coefficient (Wildman–Crippen LogP) is -0.0803. The fraction of sp³-hybridized carbons (Fsp3) is 0.778. The fourth-order valence-corrected chi connectivity index (χ4v) is 1.06. The molecule has 0 saturated heterocycles. The van der Waals surface area contributed by atoms with Crippen LogP contribution in [0.2, 0.25) is 0 Å². The number of carboxylic acids is 1. The standard InChI is InChI=1S/C9H18N2O4/c1-3-6(4-2)10-9(15)11-7(5-12)8(13)14/h6-7,12H,3-5H2,1-2H3,(H,13,14)(H2,10,11,15)/t7-/m1/s1. The predicted molar refractivity (Wildman–Crippen MR) is 54.5 cm³/mol. The van der Waals surface area contributed by atoms with Gasteiger partial charge in [0.25, 0.3) is 0 Å². The highest BCUT2D eigenvalue weighted by Crippen LogP contribution is 1.95. The molecule has 0 spiro atoms. The molecule has 4 N–H and O–H groups in total. The maximum absolute atomic E-state index is 11.2. The van der Waals surface area contributed by atoms with E-state index >= 15 is 0 Å². The van der Waals surface area contributed by atoms with E-state index in [4.69, 9.17) is 10.2 Å². The van der Waals surface area contributed by atoms with E-state index in [1.807, 2.05) is 13.8 Å². The number of nitrogens with one attached hydrogen (secondary N) is 2. The summed E-state index contributed by atoms with van der Waals surface area (Å²) in [5.41, 5.74) is 0. The Hall–Kier alpha value is -1.30. The van der Waals surface area contributed by atoms with Crippen molar-refractivity contribution in [1.82, 2.24) is 10.6 Å². The summed E-state index contributed by atoms with van der Waals surface area (Å²) in [6.45, 7) is 3.23. The molecule has 6 heteroatoms. The average Bonchev–Trinajstić information content (AvgIpc) is 2.22. The van der Waals surface area contributed by atoms with Crippen LogP contribution in [0.25, 0.3) is 0 Å². The zero-order valence-corrected chi connectivity index (χ0v) is 8.99. The van der Waals surface area contributed by atoms with Crippen LogP contribution in [0.1, 0.15) is 26.7 Å². The molecular formula is C9H18N2O4. The van der Waals surface area contributed by atoms with Crippen molar-refractivity contribution in [3.05, 3.63) is 0 Å². The number of carbonyl (C=O) groups excluding carboxylic acids is 1. The monoisotopic (exact) mass is 218 g/mol. The number of aliphatic hydroxyl groups excluding tert-OH is 1. The van der Waals surface area contributed by atoms with Gasteiger partial charge in [-0.3, -0.25) is 0 Å². The first-order valence-electron chi connectivity index (χ1n) is 4.95. The van der Waals surface area contributed by atoms with Gasteiger partial charge in [0.05, 0.1) is 6.61 Å². The summed E-state index contributed by atoms with van der Waals surface area (Å²) < 4.78 is 0. The van der Waals surface area contributed by atoms with Gasteiger partial charge >= 0.3 is 12.0 Å². The number of urea groups is 1. The molecule has 0 aromatic rings. The van der Waals surface area contributed by atoms with Crippen LogP contribution in [0.15, 0.2) is 0 Å². The van der Waals surface area contributed by atoms with Gasteiger partial charge in [0.1, 0.15) is 0 Å². The Morgan fingerprint density at radius 2 is 1.73 bits per heavy atom. The highest BCUT2D eigenvalue weighted by molar-refractivity contribution is 5.82. The molecule has 0 bridgehead atoms. The molecule has 0 saturated carbocycles. The Labute approximate surface area is 88.7 Å². The summed E-state index contributed by atoms with van der Waals surface area (Å²) in [6, 6.07) is -1.79. The summed E-state index contributed by atoms with van der Waals surface area (Å²) in [4.78, 5) is 21.7. The van der Waals surface area contributed by atoms with Gasteiger partial charge in [-0.15, -0.1) is 0 Å². The zero-order valence-electron chi connectivity index (χ0n) is 8.99. The van der Waals surface area contributed by atoms with Crippen LogP contribution in [-0.4, -0.2) is 40.9 Å². The second-order valence-corrected chi connectivity index (χ2v) is 3.20. The second kappa shape index (κ2) is 7.05. The van der Waals surface area contributed by atoms with Crippen LogP contribution in [0, 0.1) is 0 Å². The van der Waals surface area contributed by atoms with Crippen molar-refractivity contribution in [3.63, 3.8) is 0 Å². The lowest BCUT2D eigenvalue weighted by atomic mass is 10.2. The Bertz CT molecular complexity index is 216. The van der Waals surface area contributed by atoms with Crippen LogP contribution in [0.5, 0.6) is 0 Å². The molecule has 0 aromatic carbocycles. The first-order chi connectivity index (χ1) is 7.04. The van der Waals surface area contributed by atoms with E-state index in [0.29, 0.717) is 0 Å². The molecule has 0 rings (SSSR count). The lowest BCUT2D eigenvalue weighted by molar-refractivity contribution is -0.140. The van der Waals surface area contributed by atoms with Crippen molar-refractivity contribution in [2.75, 3.05) is 6.61 Å². The van der Waals surface area contributed by atoms with Crippen LogP contribution >= 0.6 is 0 Å². The Kier molecular flexibility index (Phi) is 6.44. The molecule has 0 aliphatic rings. The molecule has 0 aromatic heterocycles. The molecule has 1 atom stereocenters. The second-order valence-electron chi connectivity index (χ2n) is 3.20. The van der Waals surface area contributed by atoms with E-state index in [0.717, 1.165) is 12.8 Å². The van der Waals surface area contributed by atoms with Crippen LogP contribution < -0.4 is 10.6 Å². The fourth-order valence-electron chi connectivity index (χ4n) is 1.06. The van der Waals surface area contributed by atoms with E-state index in [9.17, 15) is 9.59 Å². The molecular weight excluding hydrogens is 200 g/mol. The van der Waals surface area contributed by atoms with Crippen LogP contribution in [0.3, 0.4) is 0 Å². The normalized spacial score (nSPS) is 12.3. The molecule has 0 heterocycles. The zero-order chi connectivity index (χ0) is 11.8. The molecule has 0 aliphatic carbocycles. The van der Waals surface area contributed by atoms with Gasteiger partial charge in [-0.2, -0.15) is 0 Å². The number of hydrogen-bond acceptors (Lipinski definition) is 3. The van der Waals surface area contributed by atoms with Gasteiger partial charge in [0.15, 0.2) is 6.04 Å². The van der Waals surface area contributed by atoms with Gasteiger partial charge in [-0.05, 0) is 12.8 Å². The lowest BCUT2D eigenvalue weighted by Gasteiger charge is -2.17. The summed E-state index contributed by atoms with van der Waals surface area (Å²) in [5.74, 6) is -1.25. The summed E-state index contributed by atoms with van der Waals surface area (Å²) in [7, 11) is 0. The van der Waals surface area contributed by atoms with Crippen molar-refractivity contribution in [1.29, 1.82) is 0 Å². The van der Waals surface area contributed by atoms with E-state index in [-0.39, 0.29) is 6.04 Å². The SMILES string of the molecule is CCC(CC)NC(=O)N[C@H](CO)C(=O)O. The van der Waals surface area contributed by atoms with Crippen molar-refractivity contribution >= 4 is 12.0 Å². The highest BCUT2D eigenvalue weighted by Gasteiger charge is 2.19. The Morgan fingerprint density at radius 1 is 1.20 bits per heavy atom. The Balaban J connectivity index is 4.06. The summed E-state index contributed by atoms with van der Waals surface area (Å²) in [5, 5.41) is 22.0. The van der Waals surface area contributed by atoms with E-state index in [1.165, 1.54) is 0 Å². The van der Waals surface area contributed by atoms with E-state index in [1.54, 1.807) is 0 Å². The van der Waals surface area contributed by atoms with Crippen molar-refractivity contribution in [2.45, 2.75) is 38.8 Å². The van der Waals surface area contributed by atoms with Gasteiger partial charge in [-0.1, -0.05) is 13.8 Å². The average molecular weight is 218 g/mol. The van der Waals surface area contributed by atoms with Crippen LogP contribution in [0.4, 0.5) is 4.79 Å². The molecule has 2 amide bonds. The van der Waals surface area contributed by atoms with Crippen molar-refractivity contribution in [3.8, 4) is 0 Å². The quantitative estimate of drug-likeness (QED) is 0.501. The number of rotatable bonds is 6. The third-order valence-corrected chi connectivity index (χ3v) is 2.11. The van der Waals surface area contributed by atoms with Gasteiger partial charge in [0, 0.05) is 6.04 Å².